The quantitative estimate of drug-likeness (QED) is 0.778. The molecule has 3 aliphatic rings. The highest BCUT2D eigenvalue weighted by Gasteiger charge is 2.51. The molecule has 0 radical (unpaired) electrons. The topological polar surface area (TPSA) is 33.2 Å². The van der Waals surface area contributed by atoms with E-state index in [-0.39, 0.29) is 5.92 Å². The standard InChI is InChI=1S/C23H28N2OS/c26-21-14-17-9-11-25(15-22-24-10-12-27-22)20-8-4-7-18(23(17)20)19(21)13-16-5-2-1-3-6-16/h1-3,5-6,10,12,17-20,23H,4,7-9,11,13-15H2/t17-,18+,19+,20+,23+/m1/s1. The van der Waals surface area contributed by atoms with E-state index in [2.05, 4.69) is 45.6 Å². The van der Waals surface area contributed by atoms with E-state index in [0.29, 0.717) is 29.6 Å². The third-order valence-electron chi connectivity index (χ3n) is 7.29. The van der Waals surface area contributed by atoms with Gasteiger partial charge in [0.05, 0.1) is 6.54 Å². The zero-order valence-corrected chi connectivity index (χ0v) is 16.6. The minimum atomic E-state index is 0.233. The third kappa shape index (κ3) is 3.38. The van der Waals surface area contributed by atoms with Crippen molar-refractivity contribution in [1.29, 1.82) is 0 Å². The van der Waals surface area contributed by atoms with Gasteiger partial charge in [-0.25, -0.2) is 4.98 Å². The molecule has 0 bridgehead atoms. The fourth-order valence-corrected chi connectivity index (χ4v) is 6.84. The fourth-order valence-electron chi connectivity index (χ4n) is 6.20. The number of thiazole rings is 1. The zero-order valence-electron chi connectivity index (χ0n) is 15.8. The smallest absolute Gasteiger partial charge is 0.136 e. The highest BCUT2D eigenvalue weighted by Crippen LogP contribution is 2.51. The largest absolute Gasteiger partial charge is 0.299 e. The van der Waals surface area contributed by atoms with E-state index >= 15 is 0 Å². The van der Waals surface area contributed by atoms with Gasteiger partial charge in [-0.2, -0.15) is 0 Å². The van der Waals surface area contributed by atoms with Crippen LogP contribution in [0.2, 0.25) is 0 Å². The molecule has 5 atom stereocenters. The number of Topliss-reactive ketones (excluding diaryl/α,β-unsaturated/α-hetero) is 1. The Morgan fingerprint density at radius 2 is 2.04 bits per heavy atom. The second-order valence-corrected chi connectivity index (χ2v) is 9.63. The number of hydrogen-bond donors (Lipinski definition) is 0. The van der Waals surface area contributed by atoms with Crippen molar-refractivity contribution in [3.05, 3.63) is 52.5 Å². The Morgan fingerprint density at radius 1 is 1.15 bits per heavy atom. The molecule has 27 heavy (non-hydrogen) atoms. The summed E-state index contributed by atoms with van der Waals surface area (Å²) in [6.45, 7) is 2.13. The predicted octanol–water partition coefficient (Wildman–Crippen LogP) is 4.58. The average Bonchev–Trinajstić information content (AvgIpc) is 3.21. The van der Waals surface area contributed by atoms with Crippen LogP contribution in [0.1, 0.15) is 42.7 Å². The first-order chi connectivity index (χ1) is 13.3. The highest BCUT2D eigenvalue weighted by atomic mass is 32.1. The summed E-state index contributed by atoms with van der Waals surface area (Å²) in [6.07, 6.45) is 8.68. The SMILES string of the molecule is O=C1C[C@H]2CCN(Cc3nccs3)[C@H]3CCC[C@H]([C@H]23)[C@@H]1Cc1ccccc1. The normalized spacial score (nSPS) is 33.6. The van der Waals surface area contributed by atoms with Crippen LogP contribution in [0.15, 0.2) is 41.9 Å². The van der Waals surface area contributed by atoms with E-state index in [9.17, 15) is 4.79 Å². The molecule has 2 heterocycles. The van der Waals surface area contributed by atoms with Gasteiger partial charge in [-0.15, -0.1) is 11.3 Å². The van der Waals surface area contributed by atoms with Crippen molar-refractivity contribution >= 4 is 17.1 Å². The maximum Gasteiger partial charge on any atom is 0.136 e. The number of carbonyl (C=O) groups is 1. The summed E-state index contributed by atoms with van der Waals surface area (Å²) in [7, 11) is 0. The van der Waals surface area contributed by atoms with Crippen molar-refractivity contribution in [3.8, 4) is 0 Å². The van der Waals surface area contributed by atoms with Gasteiger partial charge in [0.15, 0.2) is 0 Å². The van der Waals surface area contributed by atoms with E-state index in [0.717, 1.165) is 25.9 Å². The molecule has 1 aromatic carbocycles. The van der Waals surface area contributed by atoms with E-state index in [1.54, 1.807) is 11.3 Å². The summed E-state index contributed by atoms with van der Waals surface area (Å²) in [4.78, 5) is 20.3. The monoisotopic (exact) mass is 380 g/mol. The van der Waals surface area contributed by atoms with Gasteiger partial charge in [0.2, 0.25) is 0 Å². The van der Waals surface area contributed by atoms with Gasteiger partial charge in [0, 0.05) is 30.0 Å². The molecule has 2 saturated carbocycles. The summed E-state index contributed by atoms with van der Waals surface area (Å²) in [5.41, 5.74) is 1.33. The molecule has 5 rings (SSSR count). The van der Waals surface area contributed by atoms with Gasteiger partial charge < -0.3 is 0 Å². The first-order valence-corrected chi connectivity index (χ1v) is 11.4. The maximum absolute atomic E-state index is 13.1. The molecule has 2 aromatic rings. The minimum Gasteiger partial charge on any atom is -0.299 e. The molecule has 1 aromatic heterocycles. The average molecular weight is 381 g/mol. The number of ketones is 1. The molecule has 1 saturated heterocycles. The van der Waals surface area contributed by atoms with Crippen LogP contribution < -0.4 is 0 Å². The van der Waals surface area contributed by atoms with Crippen molar-refractivity contribution in [2.24, 2.45) is 23.7 Å². The van der Waals surface area contributed by atoms with Gasteiger partial charge in [-0.1, -0.05) is 36.8 Å². The number of likely N-dealkylation sites (tertiary alicyclic amines) is 1. The van der Waals surface area contributed by atoms with Gasteiger partial charge in [-0.3, -0.25) is 9.69 Å². The number of rotatable bonds is 4. The first kappa shape index (κ1) is 17.6. The van der Waals surface area contributed by atoms with E-state index < -0.39 is 0 Å². The van der Waals surface area contributed by atoms with Crippen LogP contribution in [-0.2, 0) is 17.8 Å². The summed E-state index contributed by atoms with van der Waals surface area (Å²) < 4.78 is 0. The van der Waals surface area contributed by atoms with Gasteiger partial charge in [0.1, 0.15) is 10.8 Å². The number of nitrogens with zero attached hydrogens (tertiary/aromatic N) is 2. The molecule has 0 N–H and O–H groups in total. The second-order valence-electron chi connectivity index (χ2n) is 8.65. The Morgan fingerprint density at radius 3 is 2.85 bits per heavy atom. The Labute approximate surface area is 165 Å². The molecule has 0 amide bonds. The van der Waals surface area contributed by atoms with Gasteiger partial charge in [-0.05, 0) is 55.5 Å². The predicted molar refractivity (Wildman–Crippen MR) is 109 cm³/mol. The van der Waals surface area contributed by atoms with Gasteiger partial charge >= 0.3 is 0 Å². The molecule has 0 unspecified atom stereocenters. The Balaban J connectivity index is 1.39. The van der Waals surface area contributed by atoms with Crippen LogP contribution in [0.3, 0.4) is 0 Å². The van der Waals surface area contributed by atoms with Crippen LogP contribution in [0.25, 0.3) is 0 Å². The van der Waals surface area contributed by atoms with E-state index in [4.69, 9.17) is 0 Å². The Kier molecular flexibility index (Phi) is 4.87. The maximum atomic E-state index is 13.1. The molecular formula is C23H28N2OS. The summed E-state index contributed by atoms with van der Waals surface area (Å²) in [6, 6.07) is 11.3. The lowest BCUT2D eigenvalue weighted by molar-refractivity contribution is -0.139. The lowest BCUT2D eigenvalue weighted by Crippen LogP contribution is -2.57. The van der Waals surface area contributed by atoms with Crippen molar-refractivity contribution < 1.29 is 4.79 Å². The molecular weight excluding hydrogens is 352 g/mol. The summed E-state index contributed by atoms with van der Waals surface area (Å²) >= 11 is 1.77. The number of piperidine rings is 1. The van der Waals surface area contributed by atoms with Crippen LogP contribution in [0.4, 0.5) is 0 Å². The molecule has 0 spiro atoms. The lowest BCUT2D eigenvalue weighted by Gasteiger charge is -2.55. The van der Waals surface area contributed by atoms with Crippen LogP contribution in [0.5, 0.6) is 0 Å². The first-order valence-electron chi connectivity index (χ1n) is 10.5. The molecule has 1 aliphatic heterocycles. The molecule has 2 aliphatic carbocycles. The van der Waals surface area contributed by atoms with Crippen molar-refractivity contribution in [2.45, 2.75) is 51.1 Å². The number of carbonyl (C=O) groups excluding carboxylic acids is 1. The van der Waals surface area contributed by atoms with Crippen LogP contribution in [0, 0.1) is 23.7 Å². The number of aromatic nitrogens is 1. The molecule has 3 fully saturated rings. The Hall–Kier alpha value is -1.52. The molecule has 3 nitrogen and oxygen atoms in total. The van der Waals surface area contributed by atoms with Gasteiger partial charge in [0.25, 0.3) is 0 Å². The van der Waals surface area contributed by atoms with Crippen molar-refractivity contribution in [1.82, 2.24) is 9.88 Å². The fraction of sp³-hybridized carbons (Fsp3) is 0.565. The molecule has 142 valence electrons. The number of hydrogen-bond acceptors (Lipinski definition) is 4. The van der Waals surface area contributed by atoms with E-state index in [1.165, 1.54) is 36.3 Å². The van der Waals surface area contributed by atoms with Crippen molar-refractivity contribution in [2.75, 3.05) is 6.54 Å². The summed E-state index contributed by atoms with van der Waals surface area (Å²) in [5, 5.41) is 3.32. The zero-order chi connectivity index (χ0) is 18.2. The Bertz CT molecular complexity index is 775. The molecule has 4 heteroatoms. The summed E-state index contributed by atoms with van der Waals surface area (Å²) in [5.74, 6) is 2.68. The minimum absolute atomic E-state index is 0.233. The van der Waals surface area contributed by atoms with Crippen molar-refractivity contribution in [3.63, 3.8) is 0 Å². The van der Waals surface area contributed by atoms with Crippen LogP contribution >= 0.6 is 11.3 Å². The number of benzene rings is 1. The highest BCUT2D eigenvalue weighted by molar-refractivity contribution is 7.09. The van der Waals surface area contributed by atoms with E-state index in [1.807, 2.05) is 6.20 Å². The lowest BCUT2D eigenvalue weighted by atomic mass is 9.56. The third-order valence-corrected chi connectivity index (χ3v) is 8.05. The second kappa shape index (κ2) is 7.48. The van der Waals surface area contributed by atoms with Crippen LogP contribution in [-0.4, -0.2) is 28.3 Å².